The average Bonchev–Trinajstić information content (AvgIpc) is 3.27. The molecule has 2 aromatic heterocycles. The van der Waals surface area contributed by atoms with Gasteiger partial charge in [0.25, 0.3) is 5.88 Å². The summed E-state index contributed by atoms with van der Waals surface area (Å²) in [5.41, 5.74) is 7.98. The van der Waals surface area contributed by atoms with Gasteiger partial charge in [-0.25, -0.2) is 15.0 Å². The highest BCUT2D eigenvalue weighted by Crippen LogP contribution is 2.37. The van der Waals surface area contributed by atoms with Crippen LogP contribution in [0.25, 0.3) is 11.1 Å². The number of aromatic nitrogens is 4. The Hall–Kier alpha value is -4.58. The number of nitrogens with zero attached hydrogens (tertiary/aromatic N) is 8. The number of hydrogen-bond acceptors (Lipinski definition) is 11. The van der Waals surface area contributed by atoms with Gasteiger partial charge < -0.3 is 30.0 Å². The smallest absolute Gasteiger partial charge is 0.257 e. The number of rotatable bonds is 15. The van der Waals surface area contributed by atoms with Crippen LogP contribution in [0.4, 0.5) is 11.6 Å². The first-order valence-electron chi connectivity index (χ1n) is 18.2. The summed E-state index contributed by atoms with van der Waals surface area (Å²) >= 11 is 0. The highest BCUT2D eigenvalue weighted by molar-refractivity contribution is 5.69. The van der Waals surface area contributed by atoms with Crippen molar-refractivity contribution < 1.29 is 18.9 Å². The third-order valence-electron chi connectivity index (χ3n) is 9.86. The summed E-state index contributed by atoms with van der Waals surface area (Å²) in [5, 5.41) is 17.9. The van der Waals surface area contributed by atoms with Crippen LogP contribution in [0.5, 0.6) is 11.6 Å². The maximum atomic E-state index is 9.65. The summed E-state index contributed by atoms with van der Waals surface area (Å²) in [6.45, 7) is 9.86. The Kier molecular flexibility index (Phi) is 12.8. The van der Waals surface area contributed by atoms with Crippen LogP contribution < -0.4 is 20.5 Å². The summed E-state index contributed by atoms with van der Waals surface area (Å²) in [6, 6.07) is 8.52. The Labute approximate surface area is 300 Å². The van der Waals surface area contributed by atoms with Gasteiger partial charge in [0.1, 0.15) is 36.6 Å². The van der Waals surface area contributed by atoms with Gasteiger partial charge in [0.05, 0.1) is 50.5 Å². The van der Waals surface area contributed by atoms with Crippen LogP contribution >= 0.6 is 0 Å². The zero-order chi connectivity index (χ0) is 35.4. The molecule has 0 amide bonds. The Bertz CT molecular complexity index is 1630. The Morgan fingerprint density at radius 3 is 2.51 bits per heavy atom. The second-order valence-electron chi connectivity index (χ2n) is 13.6. The van der Waals surface area contributed by atoms with Crippen molar-refractivity contribution in [1.82, 2.24) is 24.6 Å². The number of fused-ring (bicyclic) bond motifs is 3. The number of nitrogens with one attached hydrogen (secondary N) is 1. The van der Waals surface area contributed by atoms with E-state index in [-0.39, 0.29) is 6.10 Å². The van der Waals surface area contributed by atoms with E-state index < -0.39 is 0 Å². The quantitative estimate of drug-likeness (QED) is 0.124. The fourth-order valence-corrected chi connectivity index (χ4v) is 7.24. The fraction of sp³-hybridized carbons (Fsp3) is 0.568. The molecule has 14 nitrogen and oxygen atoms in total. The predicted octanol–water partition coefficient (Wildman–Crippen LogP) is 5.00. The van der Waals surface area contributed by atoms with Gasteiger partial charge in [-0.3, -0.25) is 14.6 Å². The zero-order valence-electron chi connectivity index (χ0n) is 29.7. The Morgan fingerprint density at radius 1 is 1.06 bits per heavy atom. The number of likely N-dealkylation sites (tertiary alicyclic amines) is 1. The molecule has 0 radical (unpaired) electrons. The molecule has 1 saturated carbocycles. The van der Waals surface area contributed by atoms with E-state index in [4.69, 9.17) is 29.8 Å². The second-order valence-corrected chi connectivity index (χ2v) is 13.6. The van der Waals surface area contributed by atoms with E-state index in [1.54, 1.807) is 18.5 Å². The Morgan fingerprint density at radius 2 is 1.80 bits per heavy atom. The van der Waals surface area contributed by atoms with Gasteiger partial charge in [-0.05, 0) is 81.9 Å². The van der Waals surface area contributed by atoms with Crippen molar-refractivity contribution in [2.45, 2.75) is 70.6 Å². The Balaban J connectivity index is 1.11. The lowest BCUT2D eigenvalue weighted by molar-refractivity contribution is 0.0223. The van der Waals surface area contributed by atoms with Gasteiger partial charge in [-0.1, -0.05) is 6.07 Å². The SMILES string of the molecule is CCOCCOc1nn(C2CCC(N3CC4CCC(COC4)C3)CC2)cc1Nc1ncc(-c2ccc(C#N)c(O[C@@H](C)CN=CN=CN)c2)cn1. The molecule has 2 unspecified atom stereocenters. The zero-order valence-corrected chi connectivity index (χ0v) is 29.7. The van der Waals surface area contributed by atoms with Gasteiger partial charge in [-0.2, -0.15) is 5.26 Å². The van der Waals surface area contributed by atoms with Crippen molar-refractivity contribution in [3.63, 3.8) is 0 Å². The number of ether oxygens (including phenoxy) is 4. The summed E-state index contributed by atoms with van der Waals surface area (Å²) in [5.74, 6) is 2.72. The minimum atomic E-state index is -0.283. The number of aliphatic imine (C=N–C) groups is 2. The third-order valence-corrected chi connectivity index (χ3v) is 9.86. The number of nitriles is 1. The highest BCUT2D eigenvalue weighted by atomic mass is 16.5. The first kappa shape index (κ1) is 36.2. The molecule has 2 bridgehead atoms. The van der Waals surface area contributed by atoms with E-state index in [9.17, 15) is 5.26 Å². The summed E-state index contributed by atoms with van der Waals surface area (Å²) in [7, 11) is 0. The van der Waals surface area contributed by atoms with Crippen molar-refractivity contribution in [3.8, 4) is 28.8 Å². The van der Waals surface area contributed by atoms with Gasteiger partial charge in [-0.15, -0.1) is 5.10 Å². The number of nitrogens with two attached hydrogens (primary N) is 1. The minimum absolute atomic E-state index is 0.283. The second kappa shape index (κ2) is 18.1. The lowest BCUT2D eigenvalue weighted by Crippen LogP contribution is -2.44. The molecule has 51 heavy (non-hydrogen) atoms. The topological polar surface area (TPSA) is 170 Å². The molecule has 3 N–H and O–H groups in total. The van der Waals surface area contributed by atoms with Crippen molar-refractivity contribution >= 4 is 24.3 Å². The van der Waals surface area contributed by atoms with Crippen LogP contribution in [-0.4, -0.2) is 102 Å². The third kappa shape index (κ3) is 9.81. The normalized spacial score (nSPS) is 23.2. The van der Waals surface area contributed by atoms with E-state index >= 15 is 0 Å². The van der Waals surface area contributed by atoms with E-state index in [2.05, 4.69) is 40.9 Å². The molecule has 3 atom stereocenters. The molecule has 4 heterocycles. The summed E-state index contributed by atoms with van der Waals surface area (Å²) < 4.78 is 25.6. The number of benzene rings is 1. The molecule has 2 aliphatic heterocycles. The average molecular weight is 699 g/mol. The molecule has 1 aromatic carbocycles. The first-order valence-corrected chi connectivity index (χ1v) is 18.2. The maximum Gasteiger partial charge on any atom is 0.257 e. The van der Waals surface area contributed by atoms with Crippen LogP contribution in [0.3, 0.4) is 0 Å². The maximum absolute atomic E-state index is 9.65. The molecule has 14 heteroatoms. The van der Waals surface area contributed by atoms with E-state index in [0.717, 1.165) is 50.0 Å². The summed E-state index contributed by atoms with van der Waals surface area (Å²) in [6.07, 6.45) is 14.8. The molecule has 3 fully saturated rings. The van der Waals surface area contributed by atoms with Gasteiger partial charge >= 0.3 is 0 Å². The van der Waals surface area contributed by atoms with Gasteiger partial charge in [0, 0.05) is 43.7 Å². The largest absolute Gasteiger partial charge is 0.487 e. The van der Waals surface area contributed by atoms with Crippen LogP contribution in [0.15, 0.2) is 46.8 Å². The molecule has 0 spiro atoms. The van der Waals surface area contributed by atoms with Crippen molar-refractivity contribution in [2.24, 2.45) is 27.6 Å². The van der Waals surface area contributed by atoms with Crippen LogP contribution in [0.2, 0.25) is 0 Å². The van der Waals surface area contributed by atoms with Crippen molar-refractivity contribution in [2.75, 3.05) is 58.0 Å². The molecule has 272 valence electrons. The molecule has 2 saturated heterocycles. The van der Waals surface area contributed by atoms with Crippen LogP contribution in [0, 0.1) is 23.2 Å². The molecular formula is C37H50N10O4. The van der Waals surface area contributed by atoms with Crippen molar-refractivity contribution in [1.29, 1.82) is 5.26 Å². The van der Waals surface area contributed by atoms with Gasteiger partial charge in [0.2, 0.25) is 5.95 Å². The van der Waals surface area contributed by atoms with Crippen LogP contribution in [0.1, 0.15) is 64.0 Å². The van der Waals surface area contributed by atoms with E-state index in [0.29, 0.717) is 79.1 Å². The van der Waals surface area contributed by atoms with E-state index in [1.165, 1.54) is 38.6 Å². The number of hydrogen-bond donors (Lipinski definition) is 2. The highest BCUT2D eigenvalue weighted by Gasteiger charge is 2.34. The molecule has 1 aliphatic carbocycles. The molecule has 3 aromatic rings. The summed E-state index contributed by atoms with van der Waals surface area (Å²) in [4.78, 5) is 19.9. The first-order chi connectivity index (χ1) is 25.0. The number of anilines is 2. The monoisotopic (exact) mass is 698 g/mol. The van der Waals surface area contributed by atoms with E-state index in [1.807, 2.05) is 32.2 Å². The standard InChI is InChI=1S/C37H50N10O4/c1-3-48-12-13-50-36-34(21-47(45-36)33-10-8-32(9-11-33)46-19-27-4-5-28(20-46)23-49-22-27)44-37-42-17-31(18-43-37)29-6-7-30(15-38)35(14-29)51-26(2)16-40-25-41-24-39/h6-7,14,17-18,21,24-28,32-33H,3-5,8-13,16,19-20,22-23H2,1-2H3,(H2,39,40,41)(H,42,43,44)/t26-,27?,28?,32?,33?/m0/s1. The lowest BCUT2D eigenvalue weighted by atomic mass is 9.89. The molecule has 6 rings (SSSR count). The lowest BCUT2D eigenvalue weighted by Gasteiger charge is -2.39. The van der Waals surface area contributed by atoms with Crippen LogP contribution in [-0.2, 0) is 9.47 Å². The minimum Gasteiger partial charge on any atom is -0.487 e. The van der Waals surface area contributed by atoms with Crippen molar-refractivity contribution in [3.05, 3.63) is 42.4 Å². The predicted molar refractivity (Wildman–Crippen MR) is 196 cm³/mol. The fourth-order valence-electron chi connectivity index (χ4n) is 7.24. The molecular weight excluding hydrogens is 648 g/mol. The van der Waals surface area contributed by atoms with Gasteiger partial charge in [0.15, 0.2) is 0 Å². The molecule has 3 aliphatic rings.